The van der Waals surface area contributed by atoms with Crippen molar-refractivity contribution in [1.29, 1.82) is 0 Å². The van der Waals surface area contributed by atoms with Gasteiger partial charge in [0.2, 0.25) is 5.91 Å². The first kappa shape index (κ1) is 16.0. The van der Waals surface area contributed by atoms with Gasteiger partial charge in [-0.05, 0) is 26.3 Å². The molecule has 2 amide bonds. The molecule has 1 aromatic rings. The molecule has 0 aliphatic rings. The summed E-state index contributed by atoms with van der Waals surface area (Å²) >= 11 is 0. The van der Waals surface area contributed by atoms with E-state index in [1.807, 2.05) is 18.2 Å². The number of amides is 2. The second-order valence-electron chi connectivity index (χ2n) is 5.52. The molecule has 0 aromatic heterocycles. The highest BCUT2D eigenvalue weighted by atomic mass is 16.6. The molecule has 0 saturated carbocycles. The maximum absolute atomic E-state index is 12.1. The van der Waals surface area contributed by atoms with E-state index in [1.165, 1.54) is 4.90 Å². The van der Waals surface area contributed by atoms with E-state index in [0.717, 1.165) is 5.56 Å². The van der Waals surface area contributed by atoms with Gasteiger partial charge < -0.3 is 10.1 Å². The third-order valence-corrected chi connectivity index (χ3v) is 2.68. The van der Waals surface area contributed by atoms with Crippen molar-refractivity contribution in [3.05, 3.63) is 35.9 Å². The number of hydrogen-bond donors (Lipinski definition) is 1. The number of carbonyl (C=O) groups is 2. The zero-order valence-electron chi connectivity index (χ0n) is 12.6. The fourth-order valence-corrected chi connectivity index (χ4v) is 1.76. The minimum absolute atomic E-state index is 0.260. The van der Waals surface area contributed by atoms with E-state index in [9.17, 15) is 9.59 Å². The molecule has 0 aliphatic heterocycles. The summed E-state index contributed by atoms with van der Waals surface area (Å²) in [6.07, 6.45) is -0.532. The summed E-state index contributed by atoms with van der Waals surface area (Å²) in [7, 11) is 3.10. The zero-order chi connectivity index (χ0) is 15.3. The maximum Gasteiger partial charge on any atom is 0.410 e. The van der Waals surface area contributed by atoms with Crippen LogP contribution >= 0.6 is 0 Å². The second kappa shape index (κ2) is 6.41. The van der Waals surface area contributed by atoms with Crippen molar-refractivity contribution in [3.8, 4) is 0 Å². The normalized spacial score (nSPS) is 12.4. The van der Waals surface area contributed by atoms with Crippen LogP contribution in [0.25, 0.3) is 0 Å². The Morgan fingerprint density at radius 2 is 1.75 bits per heavy atom. The summed E-state index contributed by atoms with van der Waals surface area (Å²) in [5, 5.41) is 2.57. The summed E-state index contributed by atoms with van der Waals surface area (Å²) in [5.41, 5.74) is 0.134. The van der Waals surface area contributed by atoms with E-state index in [2.05, 4.69) is 5.32 Å². The number of hydrogen-bond acceptors (Lipinski definition) is 3. The van der Waals surface area contributed by atoms with E-state index in [4.69, 9.17) is 4.74 Å². The van der Waals surface area contributed by atoms with Crippen molar-refractivity contribution in [2.45, 2.75) is 32.4 Å². The number of benzene rings is 1. The van der Waals surface area contributed by atoms with Gasteiger partial charge in [0, 0.05) is 14.1 Å². The van der Waals surface area contributed by atoms with Crippen LogP contribution in [0.2, 0.25) is 0 Å². The Bertz CT molecular complexity index is 466. The Balaban J connectivity index is 3.00. The Hall–Kier alpha value is -2.04. The Morgan fingerprint density at radius 3 is 2.20 bits per heavy atom. The van der Waals surface area contributed by atoms with E-state index < -0.39 is 17.7 Å². The SMILES string of the molecule is CNC(=O)C(c1ccccc1)N(C)C(=O)OC(C)(C)C. The van der Waals surface area contributed by atoms with Crippen LogP contribution in [-0.2, 0) is 9.53 Å². The molecule has 0 radical (unpaired) electrons. The van der Waals surface area contributed by atoms with Crippen LogP contribution in [0.3, 0.4) is 0 Å². The lowest BCUT2D eigenvalue weighted by Crippen LogP contribution is -2.42. The first-order valence-electron chi connectivity index (χ1n) is 6.48. The van der Waals surface area contributed by atoms with Crippen molar-refractivity contribution in [2.24, 2.45) is 0 Å². The van der Waals surface area contributed by atoms with E-state index in [-0.39, 0.29) is 5.91 Å². The maximum atomic E-state index is 12.1. The minimum atomic E-state index is -0.712. The van der Waals surface area contributed by atoms with Gasteiger partial charge in [0.15, 0.2) is 0 Å². The van der Waals surface area contributed by atoms with Gasteiger partial charge in [-0.15, -0.1) is 0 Å². The van der Waals surface area contributed by atoms with Crippen molar-refractivity contribution in [1.82, 2.24) is 10.2 Å². The van der Waals surface area contributed by atoms with Crippen LogP contribution in [-0.4, -0.2) is 36.6 Å². The number of carbonyl (C=O) groups excluding carboxylic acids is 2. The Kier molecular flexibility index (Phi) is 5.13. The lowest BCUT2D eigenvalue weighted by atomic mass is 10.1. The number of ether oxygens (including phenoxy) is 1. The summed E-state index contributed by atoms with van der Waals surface area (Å²) < 4.78 is 5.30. The monoisotopic (exact) mass is 278 g/mol. The molecule has 0 spiro atoms. The van der Waals surface area contributed by atoms with Crippen molar-refractivity contribution >= 4 is 12.0 Å². The number of likely N-dealkylation sites (N-methyl/N-ethyl adjacent to an activating group) is 2. The first-order chi connectivity index (χ1) is 9.26. The van der Waals surface area contributed by atoms with Gasteiger partial charge in [0.25, 0.3) is 0 Å². The van der Waals surface area contributed by atoms with Gasteiger partial charge in [0.05, 0.1) is 0 Å². The predicted molar refractivity (Wildman–Crippen MR) is 77.2 cm³/mol. The summed E-state index contributed by atoms with van der Waals surface area (Å²) in [4.78, 5) is 25.5. The van der Waals surface area contributed by atoms with Crippen molar-refractivity contribution in [2.75, 3.05) is 14.1 Å². The molecule has 0 bridgehead atoms. The zero-order valence-corrected chi connectivity index (χ0v) is 12.6. The molecule has 1 atom stereocenters. The highest BCUT2D eigenvalue weighted by Crippen LogP contribution is 2.21. The third kappa shape index (κ3) is 4.26. The van der Waals surface area contributed by atoms with Crippen molar-refractivity contribution in [3.63, 3.8) is 0 Å². The molecule has 5 heteroatoms. The fraction of sp³-hybridized carbons (Fsp3) is 0.467. The second-order valence-corrected chi connectivity index (χ2v) is 5.52. The van der Waals surface area contributed by atoms with Crippen LogP contribution in [0.5, 0.6) is 0 Å². The molecule has 1 aromatic carbocycles. The smallest absolute Gasteiger partial charge is 0.410 e. The highest BCUT2D eigenvalue weighted by Gasteiger charge is 2.30. The van der Waals surface area contributed by atoms with Crippen molar-refractivity contribution < 1.29 is 14.3 Å². The topological polar surface area (TPSA) is 58.6 Å². The third-order valence-electron chi connectivity index (χ3n) is 2.68. The number of nitrogens with one attached hydrogen (secondary N) is 1. The average Bonchev–Trinajstić information content (AvgIpc) is 2.37. The minimum Gasteiger partial charge on any atom is -0.444 e. The van der Waals surface area contributed by atoms with Crippen LogP contribution in [0.15, 0.2) is 30.3 Å². The van der Waals surface area contributed by atoms with E-state index >= 15 is 0 Å². The summed E-state index contributed by atoms with van der Waals surface area (Å²) in [6, 6.07) is 8.41. The molecule has 0 fully saturated rings. The van der Waals surface area contributed by atoms with Gasteiger partial charge in [0.1, 0.15) is 11.6 Å². The van der Waals surface area contributed by atoms with Gasteiger partial charge in [-0.2, -0.15) is 0 Å². The lowest BCUT2D eigenvalue weighted by molar-refractivity contribution is -0.125. The molecule has 0 saturated heterocycles. The van der Waals surface area contributed by atoms with Gasteiger partial charge in [-0.25, -0.2) is 4.79 Å². The van der Waals surface area contributed by atoms with E-state index in [0.29, 0.717) is 0 Å². The summed E-state index contributed by atoms with van der Waals surface area (Å²) in [6.45, 7) is 5.36. The lowest BCUT2D eigenvalue weighted by Gasteiger charge is -2.30. The van der Waals surface area contributed by atoms with Gasteiger partial charge in [-0.1, -0.05) is 30.3 Å². The van der Waals surface area contributed by atoms with Gasteiger partial charge in [-0.3, -0.25) is 9.69 Å². The Labute approximate surface area is 119 Å². The molecular formula is C15H22N2O3. The molecular weight excluding hydrogens is 256 g/mol. The first-order valence-corrected chi connectivity index (χ1v) is 6.48. The molecule has 1 N–H and O–H groups in total. The predicted octanol–water partition coefficient (Wildman–Crippen LogP) is 2.34. The molecule has 5 nitrogen and oxygen atoms in total. The molecule has 20 heavy (non-hydrogen) atoms. The van der Waals surface area contributed by atoms with Gasteiger partial charge >= 0.3 is 6.09 Å². The molecule has 1 unspecified atom stereocenters. The van der Waals surface area contributed by atoms with Crippen LogP contribution in [0, 0.1) is 0 Å². The Morgan fingerprint density at radius 1 is 1.20 bits per heavy atom. The number of nitrogens with zero attached hydrogens (tertiary/aromatic N) is 1. The molecule has 0 aliphatic carbocycles. The van der Waals surface area contributed by atoms with Crippen LogP contribution < -0.4 is 5.32 Å². The highest BCUT2D eigenvalue weighted by molar-refractivity contribution is 5.86. The largest absolute Gasteiger partial charge is 0.444 e. The average molecular weight is 278 g/mol. The fourth-order valence-electron chi connectivity index (χ4n) is 1.76. The quantitative estimate of drug-likeness (QED) is 0.923. The number of rotatable bonds is 3. The molecule has 0 heterocycles. The standard InChI is InChI=1S/C15H22N2O3/c1-15(2,3)20-14(19)17(5)12(13(18)16-4)11-9-7-6-8-10-11/h6-10,12H,1-5H3,(H,16,18). The summed E-state index contributed by atoms with van der Waals surface area (Å²) in [5.74, 6) is -0.260. The van der Waals surface area contributed by atoms with Crippen LogP contribution in [0.1, 0.15) is 32.4 Å². The molecule has 1 rings (SSSR count). The van der Waals surface area contributed by atoms with E-state index in [1.54, 1.807) is 47.0 Å². The van der Waals surface area contributed by atoms with Crippen LogP contribution in [0.4, 0.5) is 4.79 Å². The molecule has 110 valence electrons.